The molecule has 8 nitrogen and oxygen atoms in total. The third-order valence-electron chi connectivity index (χ3n) is 5.37. The van der Waals surface area contributed by atoms with Crippen LogP contribution in [0.1, 0.15) is 32.8 Å². The first-order chi connectivity index (χ1) is 16.7. The summed E-state index contributed by atoms with van der Waals surface area (Å²) in [5, 5.41) is 2.90. The molecule has 1 heterocycles. The van der Waals surface area contributed by atoms with Gasteiger partial charge in [0, 0.05) is 17.5 Å². The highest BCUT2D eigenvalue weighted by atomic mass is 19.1. The van der Waals surface area contributed by atoms with Gasteiger partial charge in [-0.25, -0.2) is 9.38 Å². The Bertz CT molecular complexity index is 1190. The highest BCUT2D eigenvalue weighted by Crippen LogP contribution is 2.37. The Labute approximate surface area is 204 Å². The average Bonchev–Trinajstić information content (AvgIpc) is 2.82. The molecular weight excluding hydrogens is 449 g/mol. The molecule has 0 fully saturated rings. The van der Waals surface area contributed by atoms with E-state index in [9.17, 15) is 14.0 Å². The highest BCUT2D eigenvalue weighted by Gasteiger charge is 2.20. The number of rotatable bonds is 9. The second kappa shape index (κ2) is 11.3. The molecule has 0 radical (unpaired) electrons. The number of aliphatic imine (C=N–C) groups is 1. The summed E-state index contributed by atoms with van der Waals surface area (Å²) in [6.07, 6.45) is 4.07. The predicted octanol–water partition coefficient (Wildman–Crippen LogP) is 3.40. The number of ether oxygens (including phenoxy) is 1. The number of amides is 2. The minimum absolute atomic E-state index is 0.0413. The molecule has 1 aliphatic heterocycles. The summed E-state index contributed by atoms with van der Waals surface area (Å²) in [4.78, 5) is 30.0. The standard InChI is InChI=1S/C26H30FN5O3/c1-4-5-21(31-22(26(29)34)14-16(2)30-17(3)25(28)33)18-6-9-20(10-7-18)32-12-13-35-24-15-19(27)8-11-23(24)32/h5-11,14-15,17,30H,4,12-13H2,1-3H3,(H2,28,33)(H2,29,34)/b16-14+,21-5+,31-22-/t17-/m0/s1. The molecular formula is C26H30FN5O3. The van der Waals surface area contributed by atoms with Crippen molar-refractivity contribution in [3.05, 3.63) is 71.7 Å². The van der Waals surface area contributed by atoms with E-state index < -0.39 is 17.9 Å². The number of allylic oxidation sites excluding steroid dienone is 2. The van der Waals surface area contributed by atoms with Crippen LogP contribution in [-0.4, -0.2) is 36.7 Å². The Morgan fingerprint density at radius 2 is 1.94 bits per heavy atom. The molecule has 9 heteroatoms. The number of fused-ring (bicyclic) bond motifs is 1. The van der Waals surface area contributed by atoms with Crippen LogP contribution < -0.4 is 26.4 Å². The largest absolute Gasteiger partial charge is 0.489 e. The van der Waals surface area contributed by atoms with Crippen molar-refractivity contribution in [1.29, 1.82) is 0 Å². The lowest BCUT2D eigenvalue weighted by molar-refractivity contribution is -0.119. The SMILES string of the molecule is CC/C=C(/N=C(/C=C(\C)N[C@@H](C)C(N)=O)C(N)=O)c1ccc(N2CCOc3cc(F)ccc32)cc1. The van der Waals surface area contributed by atoms with Crippen molar-refractivity contribution in [1.82, 2.24) is 5.32 Å². The van der Waals surface area contributed by atoms with Crippen LogP contribution in [-0.2, 0) is 9.59 Å². The molecule has 2 aromatic carbocycles. The van der Waals surface area contributed by atoms with Gasteiger partial charge in [0.2, 0.25) is 5.91 Å². The number of nitrogens with two attached hydrogens (primary N) is 2. The molecule has 0 aromatic heterocycles. The fraction of sp³-hybridized carbons (Fsp3) is 0.269. The van der Waals surface area contributed by atoms with Gasteiger partial charge >= 0.3 is 0 Å². The Morgan fingerprint density at radius 3 is 2.57 bits per heavy atom. The normalized spacial score (nSPS) is 15.2. The van der Waals surface area contributed by atoms with Crippen LogP contribution in [0.2, 0.25) is 0 Å². The summed E-state index contributed by atoms with van der Waals surface area (Å²) < 4.78 is 19.2. The van der Waals surface area contributed by atoms with Crippen LogP contribution in [0.25, 0.3) is 5.70 Å². The minimum Gasteiger partial charge on any atom is -0.489 e. The van der Waals surface area contributed by atoms with Gasteiger partial charge in [0.05, 0.1) is 17.9 Å². The molecule has 0 saturated heterocycles. The summed E-state index contributed by atoms with van der Waals surface area (Å²) in [6.45, 7) is 6.35. The summed E-state index contributed by atoms with van der Waals surface area (Å²) in [5.41, 5.74) is 14.5. The number of benzene rings is 2. The van der Waals surface area contributed by atoms with Gasteiger partial charge in [-0.05, 0) is 56.2 Å². The summed E-state index contributed by atoms with van der Waals surface area (Å²) in [6, 6.07) is 11.6. The van der Waals surface area contributed by atoms with Crippen molar-refractivity contribution in [2.45, 2.75) is 33.2 Å². The van der Waals surface area contributed by atoms with E-state index in [2.05, 4.69) is 15.2 Å². The zero-order valence-electron chi connectivity index (χ0n) is 20.0. The predicted molar refractivity (Wildman–Crippen MR) is 136 cm³/mol. The van der Waals surface area contributed by atoms with Gasteiger partial charge in [0.1, 0.15) is 29.9 Å². The van der Waals surface area contributed by atoms with Gasteiger partial charge in [-0.2, -0.15) is 0 Å². The van der Waals surface area contributed by atoms with Crippen LogP contribution in [0, 0.1) is 5.82 Å². The van der Waals surface area contributed by atoms with Crippen molar-refractivity contribution in [2.24, 2.45) is 16.5 Å². The highest BCUT2D eigenvalue weighted by molar-refractivity contribution is 6.43. The van der Waals surface area contributed by atoms with Crippen LogP contribution in [0.15, 0.2) is 65.3 Å². The molecule has 184 valence electrons. The van der Waals surface area contributed by atoms with E-state index in [0.29, 0.717) is 36.7 Å². The summed E-state index contributed by atoms with van der Waals surface area (Å²) in [5.74, 6) is -1.06. The molecule has 0 saturated carbocycles. The quantitative estimate of drug-likeness (QED) is 0.476. The third kappa shape index (κ3) is 6.47. The minimum atomic E-state index is -0.700. The molecule has 5 N–H and O–H groups in total. The van der Waals surface area contributed by atoms with E-state index in [1.807, 2.05) is 37.3 Å². The first-order valence-electron chi connectivity index (χ1n) is 11.3. The Morgan fingerprint density at radius 1 is 1.23 bits per heavy atom. The molecule has 35 heavy (non-hydrogen) atoms. The van der Waals surface area contributed by atoms with E-state index in [0.717, 1.165) is 16.9 Å². The van der Waals surface area contributed by atoms with Gasteiger partial charge in [0.15, 0.2) is 0 Å². The van der Waals surface area contributed by atoms with E-state index in [-0.39, 0.29) is 11.5 Å². The van der Waals surface area contributed by atoms with Crippen LogP contribution in [0.5, 0.6) is 5.75 Å². The number of anilines is 2. The van der Waals surface area contributed by atoms with Crippen molar-refractivity contribution in [2.75, 3.05) is 18.1 Å². The summed E-state index contributed by atoms with van der Waals surface area (Å²) >= 11 is 0. The molecule has 1 atom stereocenters. The smallest absolute Gasteiger partial charge is 0.267 e. The lowest BCUT2D eigenvalue weighted by Gasteiger charge is -2.31. The van der Waals surface area contributed by atoms with E-state index in [4.69, 9.17) is 16.2 Å². The molecule has 0 spiro atoms. The maximum atomic E-state index is 13.6. The second-order valence-corrected chi connectivity index (χ2v) is 8.11. The Hall–Kier alpha value is -4.14. The molecule has 1 aliphatic rings. The number of carbonyl (C=O) groups excluding carboxylic acids is 2. The van der Waals surface area contributed by atoms with E-state index >= 15 is 0 Å². The van der Waals surface area contributed by atoms with Crippen molar-refractivity contribution >= 4 is 34.6 Å². The molecule has 2 aromatic rings. The monoisotopic (exact) mass is 479 g/mol. The maximum absolute atomic E-state index is 13.6. The first-order valence-corrected chi connectivity index (χ1v) is 11.3. The van der Waals surface area contributed by atoms with E-state index in [1.54, 1.807) is 19.9 Å². The molecule has 3 rings (SSSR count). The number of halogens is 1. The van der Waals surface area contributed by atoms with Gasteiger partial charge in [-0.3, -0.25) is 9.59 Å². The topological polar surface area (TPSA) is 123 Å². The number of hydrogen-bond acceptors (Lipinski definition) is 6. The van der Waals surface area contributed by atoms with Gasteiger partial charge in [0.25, 0.3) is 5.91 Å². The lowest BCUT2D eigenvalue weighted by atomic mass is 10.1. The lowest BCUT2D eigenvalue weighted by Crippen LogP contribution is -2.38. The molecule has 2 amide bonds. The number of nitrogens with zero attached hydrogens (tertiary/aromatic N) is 2. The first kappa shape index (κ1) is 25.5. The van der Waals surface area contributed by atoms with Crippen molar-refractivity contribution in [3.8, 4) is 5.75 Å². The maximum Gasteiger partial charge on any atom is 0.267 e. The molecule has 0 unspecified atom stereocenters. The molecule has 0 aliphatic carbocycles. The van der Waals surface area contributed by atoms with E-state index in [1.165, 1.54) is 18.2 Å². The fourth-order valence-electron chi connectivity index (χ4n) is 3.64. The zero-order valence-corrected chi connectivity index (χ0v) is 20.0. The summed E-state index contributed by atoms with van der Waals surface area (Å²) in [7, 11) is 0. The van der Waals surface area contributed by atoms with Crippen LogP contribution >= 0.6 is 0 Å². The Balaban J connectivity index is 1.89. The number of primary amides is 2. The Kier molecular flexibility index (Phi) is 8.25. The molecule has 0 bridgehead atoms. The van der Waals surface area contributed by atoms with Gasteiger partial charge in [-0.15, -0.1) is 0 Å². The van der Waals surface area contributed by atoms with Crippen LogP contribution in [0.4, 0.5) is 15.8 Å². The van der Waals surface area contributed by atoms with Gasteiger partial charge < -0.3 is 26.4 Å². The van der Waals surface area contributed by atoms with Crippen LogP contribution in [0.3, 0.4) is 0 Å². The fourth-order valence-corrected chi connectivity index (χ4v) is 3.64. The number of nitrogens with one attached hydrogen (secondary N) is 1. The second-order valence-electron chi connectivity index (χ2n) is 8.11. The number of carbonyl (C=O) groups is 2. The van der Waals surface area contributed by atoms with Crippen molar-refractivity contribution in [3.63, 3.8) is 0 Å². The van der Waals surface area contributed by atoms with Crippen molar-refractivity contribution < 1.29 is 18.7 Å². The number of hydrogen-bond donors (Lipinski definition) is 3. The average molecular weight is 480 g/mol. The van der Waals surface area contributed by atoms with Gasteiger partial charge in [-0.1, -0.05) is 25.1 Å². The third-order valence-corrected chi connectivity index (χ3v) is 5.37. The zero-order chi connectivity index (χ0) is 25.5.